The molecule has 1 fully saturated rings. The molecule has 0 aliphatic heterocycles. The van der Waals surface area contributed by atoms with E-state index in [1.54, 1.807) is 7.11 Å². The lowest BCUT2D eigenvalue weighted by Crippen LogP contribution is -2.60. The highest BCUT2D eigenvalue weighted by molar-refractivity contribution is 5.82. The topological polar surface area (TPSA) is 64.8 Å². The van der Waals surface area contributed by atoms with Gasteiger partial charge in [-0.3, -0.25) is 4.90 Å². The van der Waals surface area contributed by atoms with Crippen LogP contribution in [0, 0.1) is 5.92 Å². The normalized spacial score (nSPS) is 19.7. The van der Waals surface area contributed by atoms with Crippen molar-refractivity contribution in [3.63, 3.8) is 0 Å². The van der Waals surface area contributed by atoms with Crippen LogP contribution in [-0.4, -0.2) is 55.9 Å². The maximum Gasteiger partial charge on any atom is 0.327 e. The molecule has 0 aromatic carbocycles. The van der Waals surface area contributed by atoms with E-state index in [1.165, 1.54) is 0 Å². The number of hydrogen-bond acceptors (Lipinski definition) is 5. The Morgan fingerprint density at radius 2 is 2.10 bits per heavy atom. The van der Waals surface area contributed by atoms with Crippen LogP contribution < -0.4 is 5.73 Å². The summed E-state index contributed by atoms with van der Waals surface area (Å²) in [6.45, 7) is 8.49. The molecule has 0 bridgehead atoms. The molecule has 1 aliphatic rings. The second kappa shape index (κ2) is 7.96. The van der Waals surface area contributed by atoms with Gasteiger partial charge in [-0.2, -0.15) is 0 Å². The molecule has 1 saturated carbocycles. The van der Waals surface area contributed by atoms with E-state index >= 15 is 0 Å². The maximum atomic E-state index is 12.3. The molecule has 5 heteroatoms. The Labute approximate surface area is 122 Å². The molecule has 0 radical (unpaired) electrons. The number of carbonyl (C=O) groups is 1. The van der Waals surface area contributed by atoms with Gasteiger partial charge >= 0.3 is 5.97 Å². The van der Waals surface area contributed by atoms with Crippen molar-refractivity contribution in [2.75, 3.05) is 33.4 Å². The van der Waals surface area contributed by atoms with Crippen LogP contribution >= 0.6 is 0 Å². The second-order valence-corrected chi connectivity index (χ2v) is 5.76. The summed E-state index contributed by atoms with van der Waals surface area (Å²) in [5.74, 6) is 0.00358. The smallest absolute Gasteiger partial charge is 0.327 e. The van der Waals surface area contributed by atoms with Gasteiger partial charge < -0.3 is 15.2 Å². The number of carbonyl (C=O) groups excluding carboxylic acids is 1. The van der Waals surface area contributed by atoms with E-state index < -0.39 is 5.54 Å². The van der Waals surface area contributed by atoms with Gasteiger partial charge in [0.25, 0.3) is 0 Å². The molecule has 1 aliphatic carbocycles. The molecule has 0 spiro atoms. The molecule has 2 unspecified atom stereocenters. The zero-order valence-corrected chi connectivity index (χ0v) is 13.4. The monoisotopic (exact) mass is 286 g/mol. The van der Waals surface area contributed by atoms with Crippen molar-refractivity contribution in [3.05, 3.63) is 0 Å². The Kier molecular flexibility index (Phi) is 6.92. The first kappa shape index (κ1) is 17.4. The van der Waals surface area contributed by atoms with Gasteiger partial charge in [0.1, 0.15) is 5.54 Å². The standard InChI is InChI=1S/C15H30N2O3/c1-5-12(3)17(9-10-19-4)11-15(16,13-7-8-13)14(18)20-6-2/h12-13H,5-11,16H2,1-4H3. The Morgan fingerprint density at radius 3 is 2.55 bits per heavy atom. The fourth-order valence-corrected chi connectivity index (χ4v) is 2.48. The van der Waals surface area contributed by atoms with E-state index in [0.29, 0.717) is 25.8 Å². The lowest BCUT2D eigenvalue weighted by molar-refractivity contribution is -0.151. The fraction of sp³-hybridized carbons (Fsp3) is 0.933. The van der Waals surface area contributed by atoms with Gasteiger partial charge in [-0.05, 0) is 39.0 Å². The van der Waals surface area contributed by atoms with E-state index in [9.17, 15) is 4.79 Å². The summed E-state index contributed by atoms with van der Waals surface area (Å²) in [6, 6.07) is 0.376. The minimum atomic E-state index is -0.868. The van der Waals surface area contributed by atoms with Gasteiger partial charge in [0.2, 0.25) is 0 Å². The van der Waals surface area contributed by atoms with Crippen LogP contribution in [0.4, 0.5) is 0 Å². The zero-order chi connectivity index (χ0) is 15.2. The Bertz CT molecular complexity index is 307. The lowest BCUT2D eigenvalue weighted by Gasteiger charge is -2.36. The first-order valence-corrected chi connectivity index (χ1v) is 7.68. The van der Waals surface area contributed by atoms with Crippen LogP contribution in [-0.2, 0) is 14.3 Å². The van der Waals surface area contributed by atoms with Crippen molar-refractivity contribution in [1.82, 2.24) is 4.90 Å². The van der Waals surface area contributed by atoms with Gasteiger partial charge in [0.15, 0.2) is 0 Å². The second-order valence-electron chi connectivity index (χ2n) is 5.76. The SMILES string of the molecule is CCOC(=O)C(N)(CN(CCOC)C(C)CC)C1CC1. The molecular weight excluding hydrogens is 256 g/mol. The minimum absolute atomic E-state index is 0.256. The highest BCUT2D eigenvalue weighted by Crippen LogP contribution is 2.39. The summed E-state index contributed by atoms with van der Waals surface area (Å²) in [4.78, 5) is 14.5. The third kappa shape index (κ3) is 4.43. The number of hydrogen-bond donors (Lipinski definition) is 1. The van der Waals surface area contributed by atoms with Crippen molar-refractivity contribution < 1.29 is 14.3 Å². The number of esters is 1. The van der Waals surface area contributed by atoms with E-state index in [2.05, 4.69) is 18.7 Å². The molecule has 0 saturated heterocycles. The Balaban J connectivity index is 2.76. The van der Waals surface area contributed by atoms with Crippen LogP contribution in [0.2, 0.25) is 0 Å². The third-order valence-electron chi connectivity index (χ3n) is 4.22. The quantitative estimate of drug-likeness (QED) is 0.615. The molecule has 0 heterocycles. The summed E-state index contributed by atoms with van der Waals surface area (Å²) in [5.41, 5.74) is 5.57. The van der Waals surface area contributed by atoms with Crippen molar-refractivity contribution in [2.45, 2.75) is 51.6 Å². The molecule has 2 N–H and O–H groups in total. The highest BCUT2D eigenvalue weighted by atomic mass is 16.5. The molecule has 0 amide bonds. The number of ether oxygens (including phenoxy) is 2. The predicted molar refractivity (Wildman–Crippen MR) is 79.5 cm³/mol. The molecule has 1 rings (SSSR count). The van der Waals surface area contributed by atoms with Crippen molar-refractivity contribution in [3.8, 4) is 0 Å². The van der Waals surface area contributed by atoms with Crippen LogP contribution in [0.15, 0.2) is 0 Å². The largest absolute Gasteiger partial charge is 0.465 e. The van der Waals surface area contributed by atoms with Crippen LogP contribution in [0.5, 0.6) is 0 Å². The molecular formula is C15H30N2O3. The van der Waals surface area contributed by atoms with Gasteiger partial charge in [0, 0.05) is 26.2 Å². The first-order chi connectivity index (χ1) is 9.49. The van der Waals surface area contributed by atoms with Crippen molar-refractivity contribution in [2.24, 2.45) is 11.7 Å². The maximum absolute atomic E-state index is 12.3. The van der Waals surface area contributed by atoms with Crippen LogP contribution in [0.25, 0.3) is 0 Å². The fourth-order valence-electron chi connectivity index (χ4n) is 2.48. The summed E-state index contributed by atoms with van der Waals surface area (Å²) in [6.07, 6.45) is 3.06. The number of methoxy groups -OCH3 is 1. The highest BCUT2D eigenvalue weighted by Gasteiger charge is 2.50. The van der Waals surface area contributed by atoms with Crippen molar-refractivity contribution >= 4 is 5.97 Å². The molecule has 0 aromatic rings. The van der Waals surface area contributed by atoms with Crippen LogP contribution in [0.1, 0.15) is 40.0 Å². The van der Waals surface area contributed by atoms with E-state index in [4.69, 9.17) is 15.2 Å². The zero-order valence-electron chi connectivity index (χ0n) is 13.4. The van der Waals surface area contributed by atoms with Crippen LogP contribution in [0.3, 0.4) is 0 Å². The van der Waals surface area contributed by atoms with Crippen molar-refractivity contribution in [1.29, 1.82) is 0 Å². The summed E-state index contributed by atoms with van der Waals surface area (Å²) < 4.78 is 10.4. The van der Waals surface area contributed by atoms with Gasteiger partial charge in [-0.25, -0.2) is 4.79 Å². The number of rotatable bonds is 10. The van der Waals surface area contributed by atoms with E-state index in [0.717, 1.165) is 25.8 Å². The summed E-state index contributed by atoms with van der Waals surface area (Å²) in [5, 5.41) is 0. The molecule has 5 nitrogen and oxygen atoms in total. The molecule has 0 aromatic heterocycles. The minimum Gasteiger partial charge on any atom is -0.465 e. The molecule has 118 valence electrons. The van der Waals surface area contributed by atoms with Gasteiger partial charge in [-0.15, -0.1) is 0 Å². The summed E-state index contributed by atoms with van der Waals surface area (Å²) in [7, 11) is 1.69. The average Bonchev–Trinajstić information content (AvgIpc) is 3.27. The number of nitrogens with two attached hydrogens (primary N) is 1. The van der Waals surface area contributed by atoms with E-state index in [1.807, 2.05) is 6.92 Å². The molecule has 20 heavy (non-hydrogen) atoms. The van der Waals surface area contributed by atoms with Gasteiger partial charge in [0.05, 0.1) is 13.2 Å². The third-order valence-corrected chi connectivity index (χ3v) is 4.22. The first-order valence-electron chi connectivity index (χ1n) is 7.68. The predicted octanol–water partition coefficient (Wildman–Crippen LogP) is 1.40. The summed E-state index contributed by atoms with van der Waals surface area (Å²) >= 11 is 0. The van der Waals surface area contributed by atoms with E-state index in [-0.39, 0.29) is 11.9 Å². The van der Waals surface area contributed by atoms with Gasteiger partial charge in [-0.1, -0.05) is 6.92 Å². The molecule has 2 atom stereocenters. The Hall–Kier alpha value is -0.650. The lowest BCUT2D eigenvalue weighted by atomic mass is 9.93. The Morgan fingerprint density at radius 1 is 1.45 bits per heavy atom. The average molecular weight is 286 g/mol. The number of nitrogens with zero attached hydrogens (tertiary/aromatic N) is 1.